The molecule has 24 heavy (non-hydrogen) atoms. The van der Waals surface area contributed by atoms with Crippen LogP contribution in [0.4, 0.5) is 0 Å². The van der Waals surface area contributed by atoms with Gasteiger partial charge in [0, 0.05) is 23.7 Å². The predicted octanol–water partition coefficient (Wildman–Crippen LogP) is 4.44. The van der Waals surface area contributed by atoms with E-state index < -0.39 is 5.97 Å². The standard InChI is InChI=1S/C18H23ClN2O3/c1-11(2)16-10-15(18(22)23)20-21(16)6-5-7-24-14-8-12(3)17(19)13(4)9-14/h8-11H,5-7H2,1-4H3,(H,22,23). The molecule has 0 saturated heterocycles. The second-order valence-electron chi connectivity index (χ2n) is 6.21. The Kier molecular flexibility index (Phi) is 5.89. The van der Waals surface area contributed by atoms with Crippen molar-refractivity contribution in [1.29, 1.82) is 0 Å². The van der Waals surface area contributed by atoms with E-state index in [1.54, 1.807) is 10.7 Å². The van der Waals surface area contributed by atoms with Gasteiger partial charge in [-0.15, -0.1) is 0 Å². The number of nitrogens with zero attached hydrogens (tertiary/aromatic N) is 2. The molecule has 0 saturated carbocycles. The van der Waals surface area contributed by atoms with Gasteiger partial charge in [0.25, 0.3) is 0 Å². The highest BCUT2D eigenvalue weighted by Gasteiger charge is 2.15. The first-order valence-electron chi connectivity index (χ1n) is 8.00. The maximum absolute atomic E-state index is 11.1. The summed E-state index contributed by atoms with van der Waals surface area (Å²) in [6.07, 6.45) is 0.737. The van der Waals surface area contributed by atoms with Crippen LogP contribution in [0.25, 0.3) is 0 Å². The number of aryl methyl sites for hydroxylation is 3. The van der Waals surface area contributed by atoms with Gasteiger partial charge in [0.2, 0.25) is 0 Å². The zero-order chi connectivity index (χ0) is 17.9. The molecule has 0 aliphatic heterocycles. The summed E-state index contributed by atoms with van der Waals surface area (Å²) in [6, 6.07) is 5.48. The summed E-state index contributed by atoms with van der Waals surface area (Å²) in [5.41, 5.74) is 2.99. The summed E-state index contributed by atoms with van der Waals surface area (Å²) >= 11 is 6.15. The molecule has 2 aromatic rings. The Bertz CT molecular complexity index is 715. The first-order valence-corrected chi connectivity index (χ1v) is 8.38. The van der Waals surface area contributed by atoms with Crippen molar-refractivity contribution in [3.63, 3.8) is 0 Å². The Balaban J connectivity index is 1.96. The first-order chi connectivity index (χ1) is 11.3. The molecule has 5 nitrogen and oxygen atoms in total. The van der Waals surface area contributed by atoms with Crippen molar-refractivity contribution in [2.75, 3.05) is 6.61 Å². The number of carbonyl (C=O) groups is 1. The van der Waals surface area contributed by atoms with E-state index >= 15 is 0 Å². The molecule has 0 spiro atoms. The Hall–Kier alpha value is -2.01. The van der Waals surface area contributed by atoms with Gasteiger partial charge in [0.05, 0.1) is 6.61 Å². The zero-order valence-corrected chi connectivity index (χ0v) is 15.2. The van der Waals surface area contributed by atoms with E-state index in [9.17, 15) is 4.79 Å². The number of benzene rings is 1. The molecule has 0 amide bonds. The largest absolute Gasteiger partial charge is 0.494 e. The fourth-order valence-electron chi connectivity index (χ4n) is 2.57. The van der Waals surface area contributed by atoms with E-state index in [1.807, 2.05) is 39.8 Å². The molecular formula is C18H23ClN2O3. The van der Waals surface area contributed by atoms with Crippen molar-refractivity contribution in [2.45, 2.75) is 46.6 Å². The van der Waals surface area contributed by atoms with Crippen LogP contribution in [0.1, 0.15) is 53.5 Å². The maximum Gasteiger partial charge on any atom is 0.356 e. The molecule has 2 rings (SSSR count). The van der Waals surface area contributed by atoms with E-state index in [4.69, 9.17) is 21.4 Å². The minimum atomic E-state index is -1.00. The van der Waals surface area contributed by atoms with Crippen LogP contribution >= 0.6 is 11.6 Å². The SMILES string of the molecule is Cc1cc(OCCCn2nc(C(=O)O)cc2C(C)C)cc(C)c1Cl. The van der Waals surface area contributed by atoms with Crippen LogP contribution in [0, 0.1) is 13.8 Å². The zero-order valence-electron chi connectivity index (χ0n) is 14.5. The molecule has 0 aliphatic carbocycles. The molecule has 6 heteroatoms. The number of halogens is 1. The molecule has 1 aromatic carbocycles. The van der Waals surface area contributed by atoms with E-state index in [1.165, 1.54) is 0 Å². The molecular weight excluding hydrogens is 328 g/mol. The molecule has 1 N–H and O–H groups in total. The number of aromatic carboxylic acids is 1. The molecule has 1 aromatic heterocycles. The quantitative estimate of drug-likeness (QED) is 0.749. The summed E-state index contributed by atoms with van der Waals surface area (Å²) in [7, 11) is 0. The number of rotatable bonds is 7. The second kappa shape index (κ2) is 7.71. The van der Waals surface area contributed by atoms with Gasteiger partial charge in [-0.1, -0.05) is 25.4 Å². The number of ether oxygens (including phenoxy) is 1. The van der Waals surface area contributed by atoms with E-state index in [-0.39, 0.29) is 11.6 Å². The Morgan fingerprint density at radius 2 is 1.92 bits per heavy atom. The Labute approximate surface area is 147 Å². The minimum Gasteiger partial charge on any atom is -0.494 e. The lowest BCUT2D eigenvalue weighted by Crippen LogP contribution is -2.10. The van der Waals surface area contributed by atoms with Crippen LogP contribution in [-0.4, -0.2) is 27.5 Å². The highest BCUT2D eigenvalue weighted by Crippen LogP contribution is 2.26. The normalized spacial score (nSPS) is 11.1. The number of carboxylic acid groups (broad SMARTS) is 1. The first kappa shape index (κ1) is 18.3. The number of hydrogen-bond acceptors (Lipinski definition) is 3. The van der Waals surface area contributed by atoms with E-state index in [0.29, 0.717) is 13.2 Å². The smallest absolute Gasteiger partial charge is 0.356 e. The lowest BCUT2D eigenvalue weighted by Gasteiger charge is -2.12. The summed E-state index contributed by atoms with van der Waals surface area (Å²) in [5, 5.41) is 14.0. The molecule has 0 atom stereocenters. The van der Waals surface area contributed by atoms with Crippen molar-refractivity contribution in [1.82, 2.24) is 9.78 Å². The van der Waals surface area contributed by atoms with Crippen LogP contribution in [0.5, 0.6) is 5.75 Å². The molecule has 0 unspecified atom stereocenters. The lowest BCUT2D eigenvalue weighted by atomic mass is 10.1. The third-order valence-electron chi connectivity index (χ3n) is 3.81. The van der Waals surface area contributed by atoms with Crippen molar-refractivity contribution in [2.24, 2.45) is 0 Å². The topological polar surface area (TPSA) is 64.4 Å². The monoisotopic (exact) mass is 350 g/mol. The molecule has 1 heterocycles. The summed E-state index contributed by atoms with van der Waals surface area (Å²) < 4.78 is 7.54. The molecule has 0 radical (unpaired) electrons. The fourth-order valence-corrected chi connectivity index (χ4v) is 2.68. The molecule has 0 aliphatic rings. The molecule has 0 bridgehead atoms. The molecule has 130 valence electrons. The molecule has 0 fully saturated rings. The van der Waals surface area contributed by atoms with Crippen LogP contribution < -0.4 is 4.74 Å². The van der Waals surface area contributed by atoms with Gasteiger partial charge >= 0.3 is 5.97 Å². The van der Waals surface area contributed by atoms with Gasteiger partial charge < -0.3 is 9.84 Å². The van der Waals surface area contributed by atoms with Gasteiger partial charge in [-0.2, -0.15) is 5.10 Å². The summed E-state index contributed by atoms with van der Waals surface area (Å²) in [6.45, 7) is 9.10. The average molecular weight is 351 g/mol. The number of carboxylic acids is 1. The van der Waals surface area contributed by atoms with Gasteiger partial charge in [0.15, 0.2) is 5.69 Å². The summed E-state index contributed by atoms with van der Waals surface area (Å²) in [4.78, 5) is 11.1. The third kappa shape index (κ3) is 4.29. The highest BCUT2D eigenvalue weighted by molar-refractivity contribution is 6.32. The Morgan fingerprint density at radius 3 is 2.46 bits per heavy atom. The van der Waals surface area contributed by atoms with Gasteiger partial charge in [-0.05, 0) is 49.1 Å². The highest BCUT2D eigenvalue weighted by atomic mass is 35.5. The van der Waals surface area contributed by atoms with Crippen LogP contribution in [0.3, 0.4) is 0 Å². The average Bonchev–Trinajstić information content (AvgIpc) is 2.93. The van der Waals surface area contributed by atoms with Crippen molar-refractivity contribution in [3.8, 4) is 5.75 Å². The Morgan fingerprint density at radius 1 is 1.29 bits per heavy atom. The van der Waals surface area contributed by atoms with Crippen molar-refractivity contribution in [3.05, 3.63) is 45.7 Å². The maximum atomic E-state index is 11.1. The number of aromatic nitrogens is 2. The van der Waals surface area contributed by atoms with Crippen molar-refractivity contribution < 1.29 is 14.6 Å². The number of hydrogen-bond donors (Lipinski definition) is 1. The van der Waals surface area contributed by atoms with Crippen LogP contribution in [-0.2, 0) is 6.54 Å². The summed E-state index contributed by atoms with van der Waals surface area (Å²) in [5.74, 6) is 0.0114. The van der Waals surface area contributed by atoms with Gasteiger partial charge in [-0.25, -0.2) is 4.79 Å². The predicted molar refractivity (Wildman–Crippen MR) is 94.3 cm³/mol. The minimum absolute atomic E-state index is 0.0866. The van der Waals surface area contributed by atoms with Crippen molar-refractivity contribution >= 4 is 17.6 Å². The van der Waals surface area contributed by atoms with Gasteiger partial charge in [0.1, 0.15) is 5.75 Å². The van der Waals surface area contributed by atoms with E-state index in [2.05, 4.69) is 5.10 Å². The second-order valence-corrected chi connectivity index (χ2v) is 6.59. The van der Waals surface area contributed by atoms with E-state index in [0.717, 1.165) is 34.0 Å². The third-order valence-corrected chi connectivity index (χ3v) is 4.41. The van der Waals surface area contributed by atoms with Crippen LogP contribution in [0.2, 0.25) is 5.02 Å². The fraction of sp³-hybridized carbons (Fsp3) is 0.444. The van der Waals surface area contributed by atoms with Gasteiger partial charge in [-0.3, -0.25) is 4.68 Å². The lowest BCUT2D eigenvalue weighted by molar-refractivity contribution is 0.0689. The van der Waals surface area contributed by atoms with Crippen LogP contribution in [0.15, 0.2) is 18.2 Å².